The van der Waals surface area contributed by atoms with Crippen molar-refractivity contribution in [3.63, 3.8) is 0 Å². The molecule has 0 atom stereocenters. The smallest absolute Gasteiger partial charge is 0.234 e. The minimum atomic E-state index is 0.201. The maximum absolute atomic E-state index is 5.85. The van der Waals surface area contributed by atoms with Gasteiger partial charge in [-0.2, -0.15) is 4.98 Å². The number of halogens is 2. The van der Waals surface area contributed by atoms with E-state index in [0.717, 1.165) is 0 Å². The first-order valence-corrected chi connectivity index (χ1v) is 5.22. The molecule has 1 heterocycles. The van der Waals surface area contributed by atoms with Gasteiger partial charge in [0.15, 0.2) is 0 Å². The van der Waals surface area contributed by atoms with E-state index in [2.05, 4.69) is 4.98 Å². The normalized spacial score (nSPS) is 10.3. The van der Waals surface area contributed by atoms with Crippen molar-refractivity contribution in [2.24, 2.45) is 0 Å². The number of anilines is 1. The van der Waals surface area contributed by atoms with E-state index >= 15 is 0 Å². The van der Waals surface area contributed by atoms with Crippen LogP contribution in [0, 0.1) is 0 Å². The fourth-order valence-corrected chi connectivity index (χ4v) is 1.32. The zero-order chi connectivity index (χ0) is 11.3. The lowest BCUT2D eigenvalue weighted by atomic mass is 10.4. The lowest BCUT2D eigenvalue weighted by molar-refractivity contribution is 0.108. The Morgan fingerprint density at radius 1 is 1.33 bits per heavy atom. The van der Waals surface area contributed by atoms with Gasteiger partial charge in [0.25, 0.3) is 0 Å². The second-order valence-corrected chi connectivity index (χ2v) is 3.50. The first kappa shape index (κ1) is 12.4. The van der Waals surface area contributed by atoms with E-state index in [1.165, 1.54) is 6.07 Å². The third-order valence-corrected chi connectivity index (χ3v) is 2.17. The number of aromatic nitrogens is 1. The number of nitrogens with zero attached hydrogens (tertiary/aromatic N) is 1. The fraction of sp³-hybridized carbons (Fsp3) is 0.444. The van der Waals surface area contributed by atoms with Crippen LogP contribution in [0.2, 0.25) is 10.0 Å². The number of nitrogen functional groups attached to an aromatic ring is 1. The summed E-state index contributed by atoms with van der Waals surface area (Å²) in [6, 6.07) is 1.50. The van der Waals surface area contributed by atoms with Crippen LogP contribution in [0.4, 0.5) is 5.82 Å². The van der Waals surface area contributed by atoms with Gasteiger partial charge in [-0.25, -0.2) is 0 Å². The van der Waals surface area contributed by atoms with Gasteiger partial charge >= 0.3 is 0 Å². The van der Waals surface area contributed by atoms with Crippen LogP contribution in [-0.2, 0) is 4.74 Å². The number of nitrogens with two attached hydrogens (primary N) is 1. The third kappa shape index (κ3) is 3.74. The van der Waals surface area contributed by atoms with Crippen molar-refractivity contribution < 1.29 is 9.47 Å². The van der Waals surface area contributed by atoms with Gasteiger partial charge in [-0.1, -0.05) is 23.2 Å². The highest BCUT2D eigenvalue weighted by molar-refractivity contribution is 6.36. The van der Waals surface area contributed by atoms with E-state index in [1.54, 1.807) is 0 Å². The SMILES string of the molecule is CCOCCOc1nc(N)c(Cl)cc1Cl. The molecule has 0 aliphatic carbocycles. The molecule has 0 radical (unpaired) electrons. The first-order chi connectivity index (χ1) is 7.15. The Morgan fingerprint density at radius 2 is 2.07 bits per heavy atom. The summed E-state index contributed by atoms with van der Waals surface area (Å²) in [5.74, 6) is 0.478. The van der Waals surface area contributed by atoms with Crippen molar-refractivity contribution in [2.45, 2.75) is 6.92 Å². The summed E-state index contributed by atoms with van der Waals surface area (Å²) >= 11 is 11.6. The lowest BCUT2D eigenvalue weighted by Gasteiger charge is -2.08. The van der Waals surface area contributed by atoms with Gasteiger partial charge in [-0.3, -0.25) is 0 Å². The Labute approximate surface area is 98.3 Å². The van der Waals surface area contributed by atoms with Crippen LogP contribution >= 0.6 is 23.2 Å². The molecule has 0 fully saturated rings. The van der Waals surface area contributed by atoms with Crippen LogP contribution in [0.1, 0.15) is 6.92 Å². The maximum Gasteiger partial charge on any atom is 0.234 e. The number of ether oxygens (including phenoxy) is 2. The Hall–Kier alpha value is -0.710. The Kier molecular flexibility index (Phi) is 4.94. The second kappa shape index (κ2) is 6.00. The minimum Gasteiger partial charge on any atom is -0.474 e. The molecule has 4 nitrogen and oxygen atoms in total. The second-order valence-electron chi connectivity index (χ2n) is 2.69. The number of hydrogen-bond donors (Lipinski definition) is 1. The molecule has 1 aromatic heterocycles. The van der Waals surface area contributed by atoms with Gasteiger partial charge in [0.1, 0.15) is 17.4 Å². The van der Waals surface area contributed by atoms with Gasteiger partial charge in [0, 0.05) is 6.61 Å². The van der Waals surface area contributed by atoms with Crippen LogP contribution in [0.15, 0.2) is 6.07 Å². The van der Waals surface area contributed by atoms with Crippen LogP contribution < -0.4 is 10.5 Å². The maximum atomic E-state index is 5.85. The molecule has 0 saturated heterocycles. The van der Waals surface area contributed by atoms with E-state index in [-0.39, 0.29) is 11.7 Å². The Bertz CT molecular complexity index is 334. The monoisotopic (exact) mass is 250 g/mol. The van der Waals surface area contributed by atoms with Crippen LogP contribution in [0.25, 0.3) is 0 Å². The van der Waals surface area contributed by atoms with E-state index in [9.17, 15) is 0 Å². The molecule has 0 aliphatic heterocycles. The van der Waals surface area contributed by atoms with Crippen LogP contribution in [0.3, 0.4) is 0 Å². The van der Waals surface area contributed by atoms with Crippen molar-refractivity contribution in [3.8, 4) is 5.88 Å². The van der Waals surface area contributed by atoms with Crippen molar-refractivity contribution in [1.82, 2.24) is 4.98 Å². The summed E-state index contributed by atoms with van der Waals surface area (Å²) in [6.45, 7) is 3.41. The van der Waals surface area contributed by atoms with Gasteiger partial charge < -0.3 is 15.2 Å². The standard InChI is InChI=1S/C9H12Cl2N2O2/c1-2-14-3-4-15-9-7(11)5-6(10)8(12)13-9/h5H,2-4H2,1H3,(H2,12,13). The third-order valence-electron chi connectivity index (χ3n) is 1.60. The molecule has 6 heteroatoms. The van der Waals surface area contributed by atoms with Crippen molar-refractivity contribution in [3.05, 3.63) is 16.1 Å². The summed E-state index contributed by atoms with van der Waals surface area (Å²) < 4.78 is 10.4. The Balaban J connectivity index is 2.57. The van der Waals surface area contributed by atoms with E-state index in [0.29, 0.717) is 29.9 Å². The zero-order valence-corrected chi connectivity index (χ0v) is 9.81. The van der Waals surface area contributed by atoms with Crippen LogP contribution in [0.5, 0.6) is 5.88 Å². The largest absolute Gasteiger partial charge is 0.474 e. The first-order valence-electron chi connectivity index (χ1n) is 4.47. The summed E-state index contributed by atoms with van der Waals surface area (Å²) in [6.07, 6.45) is 0. The highest BCUT2D eigenvalue weighted by Gasteiger charge is 2.07. The molecule has 0 aliphatic rings. The Morgan fingerprint density at radius 3 is 2.73 bits per heavy atom. The highest BCUT2D eigenvalue weighted by Crippen LogP contribution is 2.28. The summed E-state index contributed by atoms with van der Waals surface area (Å²) in [7, 11) is 0. The van der Waals surface area contributed by atoms with E-state index in [1.807, 2.05) is 6.92 Å². The lowest BCUT2D eigenvalue weighted by Crippen LogP contribution is -2.08. The summed E-state index contributed by atoms with van der Waals surface area (Å²) in [5, 5.41) is 0.655. The van der Waals surface area contributed by atoms with Crippen molar-refractivity contribution in [2.75, 3.05) is 25.6 Å². The molecular formula is C9H12Cl2N2O2. The molecular weight excluding hydrogens is 239 g/mol. The van der Waals surface area contributed by atoms with E-state index in [4.69, 9.17) is 38.4 Å². The topological polar surface area (TPSA) is 57.4 Å². The van der Waals surface area contributed by atoms with E-state index < -0.39 is 0 Å². The molecule has 84 valence electrons. The molecule has 1 rings (SSSR count). The predicted octanol–water partition coefficient (Wildman–Crippen LogP) is 2.39. The van der Waals surface area contributed by atoms with Gasteiger partial charge in [0.05, 0.1) is 11.6 Å². The molecule has 15 heavy (non-hydrogen) atoms. The minimum absolute atomic E-state index is 0.201. The summed E-state index contributed by atoms with van der Waals surface area (Å²) in [5.41, 5.74) is 5.51. The van der Waals surface area contributed by atoms with Gasteiger partial charge in [-0.05, 0) is 13.0 Å². The van der Waals surface area contributed by atoms with Gasteiger partial charge in [0.2, 0.25) is 5.88 Å². The number of hydrogen-bond acceptors (Lipinski definition) is 4. The molecule has 0 amide bonds. The molecule has 0 aromatic carbocycles. The molecule has 0 saturated carbocycles. The average molecular weight is 251 g/mol. The predicted molar refractivity (Wildman–Crippen MR) is 60.7 cm³/mol. The molecule has 0 unspecified atom stereocenters. The van der Waals surface area contributed by atoms with Crippen molar-refractivity contribution in [1.29, 1.82) is 0 Å². The van der Waals surface area contributed by atoms with Gasteiger partial charge in [-0.15, -0.1) is 0 Å². The quantitative estimate of drug-likeness (QED) is 0.816. The molecule has 1 aromatic rings. The van der Waals surface area contributed by atoms with Crippen LogP contribution in [-0.4, -0.2) is 24.8 Å². The highest BCUT2D eigenvalue weighted by atomic mass is 35.5. The molecule has 2 N–H and O–H groups in total. The summed E-state index contributed by atoms with van der Waals surface area (Å²) in [4.78, 5) is 3.91. The number of pyridine rings is 1. The zero-order valence-electron chi connectivity index (χ0n) is 8.30. The molecule has 0 spiro atoms. The molecule has 0 bridgehead atoms. The fourth-order valence-electron chi connectivity index (χ4n) is 0.906. The van der Waals surface area contributed by atoms with Crippen molar-refractivity contribution >= 4 is 29.0 Å². The average Bonchev–Trinajstić information content (AvgIpc) is 2.20. The number of rotatable bonds is 5.